The summed E-state index contributed by atoms with van der Waals surface area (Å²) in [4.78, 5) is 20.7. The molecular weight excluding hydrogens is 402 g/mol. The molecule has 0 fully saturated rings. The van der Waals surface area contributed by atoms with Gasteiger partial charge in [-0.05, 0) is 12.1 Å². The Labute approximate surface area is 149 Å². The van der Waals surface area contributed by atoms with E-state index in [0.717, 1.165) is 32.4 Å². The first-order valence-electron chi connectivity index (χ1n) is 6.52. The molecule has 1 N–H and O–H groups in total. The van der Waals surface area contributed by atoms with Gasteiger partial charge in [0.05, 0.1) is 18.0 Å². The van der Waals surface area contributed by atoms with Gasteiger partial charge in [-0.1, -0.05) is 51.6 Å². The third kappa shape index (κ3) is 4.34. The summed E-state index contributed by atoms with van der Waals surface area (Å²) < 4.78 is 2.04. The summed E-state index contributed by atoms with van der Waals surface area (Å²) in [6.45, 7) is 0.859. The van der Waals surface area contributed by atoms with Gasteiger partial charge in [-0.25, -0.2) is 4.98 Å². The maximum Gasteiger partial charge on any atom is 0.236 e. The molecule has 1 amide bonds. The van der Waals surface area contributed by atoms with Crippen LogP contribution in [0, 0.1) is 0 Å². The molecule has 1 aliphatic rings. The third-order valence-corrected chi connectivity index (χ3v) is 6.31. The number of aliphatic imine (C=N–C) groups is 1. The Morgan fingerprint density at radius 3 is 2.91 bits per heavy atom. The second-order valence-electron chi connectivity index (χ2n) is 4.38. The van der Waals surface area contributed by atoms with Gasteiger partial charge in [-0.15, -0.1) is 11.3 Å². The molecule has 0 unspecified atom stereocenters. The topological polar surface area (TPSA) is 54.4 Å². The number of rotatable bonds is 4. The molecular formula is C14H12BrN3OS3. The van der Waals surface area contributed by atoms with E-state index in [1.54, 1.807) is 11.8 Å². The molecule has 0 aliphatic carbocycles. The molecule has 114 valence electrons. The number of carbonyl (C=O) groups is 1. The maximum atomic E-state index is 11.9. The molecule has 0 atom stereocenters. The van der Waals surface area contributed by atoms with Crippen molar-refractivity contribution in [1.29, 1.82) is 0 Å². The first-order valence-corrected chi connectivity index (χ1v) is 10.2. The van der Waals surface area contributed by atoms with Gasteiger partial charge in [0.2, 0.25) is 5.91 Å². The number of carbonyl (C=O) groups excluding carboxylic acids is 1. The van der Waals surface area contributed by atoms with Crippen LogP contribution < -0.4 is 5.32 Å². The van der Waals surface area contributed by atoms with Crippen LogP contribution in [0.1, 0.15) is 0 Å². The van der Waals surface area contributed by atoms with Crippen LogP contribution in [0.4, 0.5) is 5.13 Å². The van der Waals surface area contributed by atoms with Crippen molar-refractivity contribution in [3.63, 3.8) is 0 Å². The van der Waals surface area contributed by atoms with Crippen LogP contribution in [0.3, 0.4) is 0 Å². The van der Waals surface area contributed by atoms with E-state index >= 15 is 0 Å². The number of anilines is 1. The summed E-state index contributed by atoms with van der Waals surface area (Å²) in [7, 11) is 0. The fourth-order valence-corrected chi connectivity index (χ4v) is 4.58. The number of halogens is 1. The minimum absolute atomic E-state index is 0.0445. The minimum atomic E-state index is -0.0445. The van der Waals surface area contributed by atoms with E-state index in [0.29, 0.717) is 10.9 Å². The van der Waals surface area contributed by atoms with Crippen LogP contribution in [0.25, 0.3) is 11.3 Å². The monoisotopic (exact) mass is 413 g/mol. The lowest BCUT2D eigenvalue weighted by atomic mass is 10.2. The van der Waals surface area contributed by atoms with Crippen LogP contribution in [0.2, 0.25) is 0 Å². The normalized spacial score (nSPS) is 14.0. The average Bonchev–Trinajstić information content (AvgIpc) is 3.17. The zero-order valence-corrected chi connectivity index (χ0v) is 15.4. The van der Waals surface area contributed by atoms with E-state index in [1.807, 2.05) is 29.6 Å². The highest BCUT2D eigenvalue weighted by Crippen LogP contribution is 2.26. The Kier molecular flexibility index (Phi) is 5.56. The van der Waals surface area contributed by atoms with Crippen LogP contribution in [0.15, 0.2) is 39.1 Å². The number of nitrogens with one attached hydrogen (secondary N) is 1. The smallest absolute Gasteiger partial charge is 0.236 e. The lowest BCUT2D eigenvalue weighted by molar-refractivity contribution is -0.113. The number of hydrogen-bond acceptors (Lipinski definition) is 6. The van der Waals surface area contributed by atoms with Crippen molar-refractivity contribution in [2.24, 2.45) is 4.99 Å². The second-order valence-corrected chi connectivity index (χ2v) is 8.46. The van der Waals surface area contributed by atoms with Gasteiger partial charge in [-0.2, -0.15) is 0 Å². The van der Waals surface area contributed by atoms with E-state index in [4.69, 9.17) is 0 Å². The van der Waals surface area contributed by atoms with Gasteiger partial charge < -0.3 is 5.32 Å². The van der Waals surface area contributed by atoms with Crippen LogP contribution in [0.5, 0.6) is 0 Å². The van der Waals surface area contributed by atoms with Crippen LogP contribution in [-0.4, -0.2) is 33.3 Å². The molecule has 4 nitrogen and oxygen atoms in total. The summed E-state index contributed by atoms with van der Waals surface area (Å²) in [5.41, 5.74) is 1.90. The fraction of sp³-hybridized carbons (Fsp3) is 0.214. The van der Waals surface area contributed by atoms with Gasteiger partial charge in [0.15, 0.2) is 5.13 Å². The number of nitrogens with zero attached hydrogens (tertiary/aromatic N) is 2. The van der Waals surface area contributed by atoms with Gasteiger partial charge in [-0.3, -0.25) is 9.79 Å². The third-order valence-electron chi connectivity index (χ3n) is 2.77. The molecule has 1 aromatic heterocycles. The van der Waals surface area contributed by atoms with E-state index in [1.165, 1.54) is 23.1 Å². The Balaban J connectivity index is 1.56. The number of aromatic nitrogens is 1. The molecule has 2 heterocycles. The van der Waals surface area contributed by atoms with Crippen molar-refractivity contribution in [1.82, 2.24) is 4.98 Å². The van der Waals surface area contributed by atoms with E-state index in [-0.39, 0.29) is 5.91 Å². The quantitative estimate of drug-likeness (QED) is 0.809. The Bertz CT molecular complexity index is 700. The number of thiazole rings is 1. The fourth-order valence-electron chi connectivity index (χ4n) is 1.77. The van der Waals surface area contributed by atoms with Gasteiger partial charge in [0.25, 0.3) is 0 Å². The molecule has 0 radical (unpaired) electrons. The highest BCUT2D eigenvalue weighted by Gasteiger charge is 2.12. The van der Waals surface area contributed by atoms with Crippen molar-refractivity contribution in [3.8, 4) is 11.3 Å². The molecule has 22 heavy (non-hydrogen) atoms. The summed E-state index contributed by atoms with van der Waals surface area (Å²) >= 11 is 8.05. The molecule has 8 heteroatoms. The summed E-state index contributed by atoms with van der Waals surface area (Å²) in [6.07, 6.45) is 0. The Morgan fingerprint density at radius 1 is 1.36 bits per heavy atom. The molecule has 1 aromatic carbocycles. The van der Waals surface area contributed by atoms with Crippen molar-refractivity contribution >= 4 is 66.2 Å². The predicted octanol–water partition coefficient (Wildman–Crippen LogP) is 4.35. The lowest BCUT2D eigenvalue weighted by Gasteiger charge is -2.01. The molecule has 0 saturated heterocycles. The van der Waals surface area contributed by atoms with Crippen molar-refractivity contribution in [2.45, 2.75) is 0 Å². The van der Waals surface area contributed by atoms with Gasteiger partial charge in [0.1, 0.15) is 4.38 Å². The van der Waals surface area contributed by atoms with E-state index < -0.39 is 0 Å². The number of amides is 1. The Morgan fingerprint density at radius 2 is 2.18 bits per heavy atom. The first-order chi connectivity index (χ1) is 10.7. The molecule has 2 aromatic rings. The second kappa shape index (κ2) is 7.63. The predicted molar refractivity (Wildman–Crippen MR) is 101 cm³/mol. The Hall–Kier alpha value is -0.830. The van der Waals surface area contributed by atoms with Gasteiger partial charge >= 0.3 is 0 Å². The number of hydrogen-bond donors (Lipinski definition) is 1. The molecule has 0 spiro atoms. The van der Waals surface area contributed by atoms with E-state index in [9.17, 15) is 4.79 Å². The zero-order chi connectivity index (χ0) is 15.4. The number of thioether (sulfide) groups is 2. The highest BCUT2D eigenvalue weighted by molar-refractivity contribution is 9.10. The van der Waals surface area contributed by atoms with Crippen LogP contribution in [-0.2, 0) is 4.79 Å². The molecule has 3 rings (SSSR count). The lowest BCUT2D eigenvalue weighted by Crippen LogP contribution is -2.14. The molecule has 0 bridgehead atoms. The summed E-state index contributed by atoms with van der Waals surface area (Å²) in [5, 5.41) is 5.42. The van der Waals surface area contributed by atoms with Crippen molar-refractivity contribution in [3.05, 3.63) is 34.1 Å². The zero-order valence-electron chi connectivity index (χ0n) is 11.4. The number of benzene rings is 1. The van der Waals surface area contributed by atoms with E-state index in [2.05, 4.69) is 31.2 Å². The van der Waals surface area contributed by atoms with Crippen molar-refractivity contribution < 1.29 is 4.79 Å². The first kappa shape index (κ1) is 16.0. The molecule has 0 saturated carbocycles. The largest absolute Gasteiger partial charge is 0.301 e. The van der Waals surface area contributed by atoms with Crippen molar-refractivity contribution in [2.75, 3.05) is 23.4 Å². The molecule has 1 aliphatic heterocycles. The standard InChI is InChI=1S/C14H12BrN3OS3/c15-10-3-1-9(2-4-10)11-7-21-13(17-11)18-12(19)8-22-14-16-5-6-20-14/h1-4,7H,5-6,8H2,(H,17,18,19). The average molecular weight is 414 g/mol. The van der Waals surface area contributed by atoms with Gasteiger partial charge in [0, 0.05) is 21.2 Å². The highest BCUT2D eigenvalue weighted by atomic mass is 79.9. The SMILES string of the molecule is O=C(CSC1=NCCS1)Nc1nc(-c2ccc(Br)cc2)cs1. The minimum Gasteiger partial charge on any atom is -0.301 e. The maximum absolute atomic E-state index is 11.9. The summed E-state index contributed by atoms with van der Waals surface area (Å²) in [6, 6.07) is 7.94. The van der Waals surface area contributed by atoms with Crippen LogP contribution >= 0.6 is 50.8 Å². The summed E-state index contributed by atoms with van der Waals surface area (Å²) in [5.74, 6) is 1.35.